The zero-order valence-corrected chi connectivity index (χ0v) is 12.3. The van der Waals surface area contributed by atoms with Crippen LogP contribution >= 0.6 is 0 Å². The molecule has 4 heteroatoms. The van der Waals surface area contributed by atoms with Gasteiger partial charge in [0.25, 0.3) is 0 Å². The Morgan fingerprint density at radius 2 is 2.00 bits per heavy atom. The van der Waals surface area contributed by atoms with Gasteiger partial charge >= 0.3 is 0 Å². The van der Waals surface area contributed by atoms with Crippen LogP contribution in [0.2, 0.25) is 0 Å². The Balaban J connectivity index is 2.18. The molecule has 0 radical (unpaired) electrons. The monoisotopic (exact) mass is 265 g/mol. The predicted molar refractivity (Wildman–Crippen MR) is 77.3 cm³/mol. The number of nitrogens with two attached hydrogens (primary N) is 1. The average molecular weight is 265 g/mol. The molecular weight excluding hydrogens is 238 g/mol. The van der Waals surface area contributed by atoms with Gasteiger partial charge in [0.05, 0.1) is 5.69 Å². The molecule has 19 heavy (non-hydrogen) atoms. The maximum Gasteiger partial charge on any atom is 0.0657 e. The number of nitrogens with zero attached hydrogens (tertiary/aromatic N) is 2. The van der Waals surface area contributed by atoms with Gasteiger partial charge in [0.1, 0.15) is 0 Å². The molecule has 2 heterocycles. The first-order valence-corrected chi connectivity index (χ1v) is 7.65. The highest BCUT2D eigenvalue weighted by Gasteiger charge is 2.19. The highest BCUT2D eigenvalue weighted by molar-refractivity contribution is 5.27. The van der Waals surface area contributed by atoms with Crippen LogP contribution in [0.4, 0.5) is 0 Å². The zero-order chi connectivity index (χ0) is 13.7. The molecule has 1 aliphatic heterocycles. The van der Waals surface area contributed by atoms with E-state index < -0.39 is 0 Å². The summed E-state index contributed by atoms with van der Waals surface area (Å²) < 4.78 is 7.69. The van der Waals surface area contributed by atoms with Crippen LogP contribution in [-0.4, -0.2) is 29.5 Å². The number of aryl methyl sites for hydroxylation is 1. The van der Waals surface area contributed by atoms with Gasteiger partial charge in [0.15, 0.2) is 0 Å². The molecule has 0 atom stereocenters. The van der Waals surface area contributed by atoms with Gasteiger partial charge < -0.3 is 10.5 Å². The molecule has 0 spiro atoms. The van der Waals surface area contributed by atoms with Crippen LogP contribution in [-0.2, 0) is 30.5 Å². The number of aromatic nitrogens is 2. The summed E-state index contributed by atoms with van der Waals surface area (Å²) >= 11 is 0. The Bertz CT molecular complexity index is 394. The van der Waals surface area contributed by atoms with Crippen LogP contribution in [0, 0.1) is 5.92 Å². The van der Waals surface area contributed by atoms with Gasteiger partial charge in [0.2, 0.25) is 0 Å². The standard InChI is InChI=1S/C15H27N3O/c1-3-14-13(5-8-16)15(4-2)18(17-14)11-12-6-9-19-10-7-12/h12H,3-11,16H2,1-2H3. The molecule has 4 nitrogen and oxygen atoms in total. The largest absolute Gasteiger partial charge is 0.381 e. The Labute approximate surface area is 116 Å². The molecule has 0 saturated carbocycles. The summed E-state index contributed by atoms with van der Waals surface area (Å²) in [7, 11) is 0. The van der Waals surface area contributed by atoms with Crippen molar-refractivity contribution in [2.75, 3.05) is 19.8 Å². The molecule has 2 N–H and O–H groups in total. The first kappa shape index (κ1) is 14.5. The molecule has 1 fully saturated rings. The lowest BCUT2D eigenvalue weighted by Gasteiger charge is -2.22. The first-order valence-electron chi connectivity index (χ1n) is 7.65. The van der Waals surface area contributed by atoms with Gasteiger partial charge in [-0.25, -0.2) is 0 Å². The minimum absolute atomic E-state index is 0.711. The third-order valence-corrected chi connectivity index (χ3v) is 4.09. The molecule has 1 aromatic heterocycles. The smallest absolute Gasteiger partial charge is 0.0657 e. The van der Waals surface area contributed by atoms with Crippen molar-refractivity contribution < 1.29 is 4.74 Å². The van der Waals surface area contributed by atoms with E-state index in [1.54, 1.807) is 0 Å². The topological polar surface area (TPSA) is 53.1 Å². The third-order valence-electron chi connectivity index (χ3n) is 4.09. The van der Waals surface area contributed by atoms with Gasteiger partial charge in [0, 0.05) is 25.5 Å². The summed E-state index contributed by atoms with van der Waals surface area (Å²) in [5, 5.41) is 4.83. The van der Waals surface area contributed by atoms with Crippen molar-refractivity contribution in [3.63, 3.8) is 0 Å². The maximum atomic E-state index is 5.75. The molecule has 1 aromatic rings. The van der Waals surface area contributed by atoms with Crippen molar-refractivity contribution in [1.29, 1.82) is 0 Å². The fourth-order valence-electron chi connectivity index (χ4n) is 3.03. The van der Waals surface area contributed by atoms with Crippen molar-refractivity contribution in [3.8, 4) is 0 Å². The molecule has 0 aromatic carbocycles. The zero-order valence-electron chi connectivity index (χ0n) is 12.3. The highest BCUT2D eigenvalue weighted by Crippen LogP contribution is 2.22. The fraction of sp³-hybridized carbons (Fsp3) is 0.800. The van der Waals surface area contributed by atoms with Gasteiger partial charge in [-0.1, -0.05) is 13.8 Å². The van der Waals surface area contributed by atoms with E-state index in [1.165, 1.54) is 17.0 Å². The van der Waals surface area contributed by atoms with Gasteiger partial charge in [-0.05, 0) is 50.1 Å². The molecule has 2 rings (SSSR count). The van der Waals surface area contributed by atoms with Crippen LogP contribution in [0.1, 0.15) is 43.6 Å². The highest BCUT2D eigenvalue weighted by atomic mass is 16.5. The summed E-state index contributed by atoms with van der Waals surface area (Å²) in [6.45, 7) is 7.97. The molecule has 0 aliphatic carbocycles. The molecule has 0 unspecified atom stereocenters. The number of hydrogen-bond acceptors (Lipinski definition) is 3. The van der Waals surface area contributed by atoms with E-state index in [1.807, 2.05) is 0 Å². The van der Waals surface area contributed by atoms with E-state index in [9.17, 15) is 0 Å². The Morgan fingerprint density at radius 3 is 2.58 bits per heavy atom. The second-order valence-electron chi connectivity index (χ2n) is 5.36. The Morgan fingerprint density at radius 1 is 1.26 bits per heavy atom. The molecule has 0 amide bonds. The average Bonchev–Trinajstić information content (AvgIpc) is 2.77. The minimum atomic E-state index is 0.711. The van der Waals surface area contributed by atoms with Crippen LogP contribution in [0.3, 0.4) is 0 Å². The molecular formula is C15H27N3O. The van der Waals surface area contributed by atoms with E-state index in [0.29, 0.717) is 6.54 Å². The van der Waals surface area contributed by atoms with Crippen molar-refractivity contribution in [1.82, 2.24) is 9.78 Å². The van der Waals surface area contributed by atoms with Gasteiger partial charge in [-0.15, -0.1) is 0 Å². The Hall–Kier alpha value is -0.870. The van der Waals surface area contributed by atoms with E-state index in [4.69, 9.17) is 15.6 Å². The number of ether oxygens (including phenoxy) is 1. The van der Waals surface area contributed by atoms with Crippen molar-refractivity contribution in [3.05, 3.63) is 17.0 Å². The van der Waals surface area contributed by atoms with E-state index in [-0.39, 0.29) is 0 Å². The predicted octanol–water partition coefficient (Wildman–Crippen LogP) is 1.94. The second kappa shape index (κ2) is 7.06. The van der Waals surface area contributed by atoms with E-state index in [2.05, 4.69) is 18.5 Å². The van der Waals surface area contributed by atoms with Gasteiger partial charge in [-0.3, -0.25) is 4.68 Å². The van der Waals surface area contributed by atoms with Crippen molar-refractivity contribution in [2.45, 2.75) is 52.5 Å². The summed E-state index contributed by atoms with van der Waals surface area (Å²) in [5.74, 6) is 0.717. The van der Waals surface area contributed by atoms with Crippen LogP contribution in [0.15, 0.2) is 0 Å². The summed E-state index contributed by atoms with van der Waals surface area (Å²) in [6.07, 6.45) is 5.34. The van der Waals surface area contributed by atoms with Crippen LogP contribution in [0.5, 0.6) is 0 Å². The van der Waals surface area contributed by atoms with Crippen LogP contribution in [0.25, 0.3) is 0 Å². The normalized spacial score (nSPS) is 17.0. The summed E-state index contributed by atoms with van der Waals surface area (Å²) in [6, 6.07) is 0. The maximum absolute atomic E-state index is 5.75. The van der Waals surface area contributed by atoms with Gasteiger partial charge in [-0.2, -0.15) is 5.10 Å². The molecule has 108 valence electrons. The Kier molecular flexibility index (Phi) is 5.40. The molecule has 0 bridgehead atoms. The van der Waals surface area contributed by atoms with Crippen molar-refractivity contribution >= 4 is 0 Å². The lowest BCUT2D eigenvalue weighted by Crippen LogP contribution is -2.22. The second-order valence-corrected chi connectivity index (χ2v) is 5.36. The third kappa shape index (κ3) is 3.37. The van der Waals surface area contributed by atoms with Crippen molar-refractivity contribution in [2.24, 2.45) is 11.7 Å². The molecule has 1 saturated heterocycles. The summed E-state index contributed by atoms with van der Waals surface area (Å²) in [5.41, 5.74) is 9.79. The lowest BCUT2D eigenvalue weighted by molar-refractivity contribution is 0.0598. The lowest BCUT2D eigenvalue weighted by atomic mass is 10.00. The van der Waals surface area contributed by atoms with E-state index >= 15 is 0 Å². The quantitative estimate of drug-likeness (QED) is 0.855. The number of hydrogen-bond donors (Lipinski definition) is 1. The van der Waals surface area contributed by atoms with E-state index in [0.717, 1.165) is 57.8 Å². The van der Waals surface area contributed by atoms with Crippen LogP contribution < -0.4 is 5.73 Å². The fourth-order valence-corrected chi connectivity index (χ4v) is 3.03. The minimum Gasteiger partial charge on any atom is -0.381 e. The summed E-state index contributed by atoms with van der Waals surface area (Å²) in [4.78, 5) is 0. The number of rotatable bonds is 6. The molecule has 1 aliphatic rings. The SMILES string of the molecule is CCc1nn(CC2CCOCC2)c(CC)c1CCN. The first-order chi connectivity index (χ1) is 9.30.